The van der Waals surface area contributed by atoms with Gasteiger partial charge in [0.1, 0.15) is 5.82 Å². The fourth-order valence-corrected chi connectivity index (χ4v) is 9.10. The summed E-state index contributed by atoms with van der Waals surface area (Å²) in [4.78, 5) is 18.9. The highest BCUT2D eigenvalue weighted by atomic mass is 15.1. The highest BCUT2D eigenvalue weighted by Gasteiger charge is 2.27. The number of nitrogens with zero attached hydrogens (tertiary/aromatic N) is 6. The van der Waals surface area contributed by atoms with E-state index in [4.69, 9.17) is 9.97 Å². The summed E-state index contributed by atoms with van der Waals surface area (Å²) in [5, 5.41) is 8.35. The molecule has 0 aliphatic heterocycles. The van der Waals surface area contributed by atoms with Crippen LogP contribution in [0.4, 0.5) is 0 Å². The zero-order valence-electron chi connectivity index (χ0n) is 32.3. The highest BCUT2D eigenvalue weighted by Crippen LogP contribution is 2.51. The van der Waals surface area contributed by atoms with Crippen molar-refractivity contribution in [3.63, 3.8) is 0 Å². The Bertz CT molecular complexity index is 3540. The minimum atomic E-state index is 0.687. The Morgan fingerprint density at radius 2 is 1.08 bits per heavy atom. The lowest BCUT2D eigenvalue weighted by Gasteiger charge is -2.17. The molecule has 0 spiro atoms. The molecule has 12 aromatic rings. The average Bonchev–Trinajstić information content (AvgIpc) is 3.93. The summed E-state index contributed by atoms with van der Waals surface area (Å²) >= 11 is 0. The van der Waals surface area contributed by atoms with Crippen molar-refractivity contribution < 1.29 is 0 Å². The number of fused-ring (bicyclic) bond motifs is 9. The van der Waals surface area contributed by atoms with Crippen molar-refractivity contribution >= 4 is 49.0 Å². The first-order chi connectivity index (χ1) is 29.8. The van der Waals surface area contributed by atoms with Crippen LogP contribution in [0.2, 0.25) is 0 Å². The topological polar surface area (TPSA) is 60.9 Å². The van der Waals surface area contributed by atoms with Gasteiger partial charge in [0, 0.05) is 63.8 Å². The molecule has 6 heteroatoms. The maximum absolute atomic E-state index is 5.43. The molecule has 0 amide bonds. The Hall–Kier alpha value is -8.22. The predicted octanol–water partition coefficient (Wildman–Crippen LogP) is 13.3. The van der Waals surface area contributed by atoms with Gasteiger partial charge in [-0.3, -0.25) is 14.0 Å². The van der Waals surface area contributed by atoms with Crippen LogP contribution in [-0.4, -0.2) is 28.9 Å². The fourth-order valence-electron chi connectivity index (χ4n) is 9.10. The number of pyridine rings is 2. The van der Waals surface area contributed by atoms with E-state index in [9.17, 15) is 0 Å². The minimum Gasteiger partial charge on any atom is -0.292 e. The van der Waals surface area contributed by atoms with Crippen LogP contribution in [-0.2, 0) is 0 Å². The van der Waals surface area contributed by atoms with Gasteiger partial charge in [-0.25, -0.2) is 15.0 Å². The van der Waals surface area contributed by atoms with Crippen LogP contribution < -0.4 is 0 Å². The summed E-state index contributed by atoms with van der Waals surface area (Å²) < 4.78 is 4.37. The molecule has 12 rings (SSSR count). The van der Waals surface area contributed by atoms with Gasteiger partial charge in [0.2, 0.25) is 5.78 Å². The fraction of sp³-hybridized carbons (Fsp3) is 0. The highest BCUT2D eigenvalue weighted by molar-refractivity contribution is 6.36. The first-order valence-electron chi connectivity index (χ1n) is 20.1. The van der Waals surface area contributed by atoms with E-state index in [1.54, 1.807) is 6.20 Å². The molecule has 5 aromatic heterocycles. The molecule has 0 fully saturated rings. The van der Waals surface area contributed by atoms with E-state index in [1.165, 1.54) is 43.4 Å². The molecule has 7 aromatic carbocycles. The Balaban J connectivity index is 1.21. The molecule has 0 radical (unpaired) electrons. The van der Waals surface area contributed by atoms with Gasteiger partial charge in [-0.2, -0.15) is 0 Å². The molecular formula is C54H34N6. The van der Waals surface area contributed by atoms with Gasteiger partial charge in [-0.05, 0) is 80.2 Å². The molecule has 0 unspecified atom stereocenters. The molecule has 0 N–H and O–H groups in total. The van der Waals surface area contributed by atoms with Crippen LogP contribution in [0, 0.1) is 0 Å². The zero-order chi connectivity index (χ0) is 39.6. The Morgan fingerprint density at radius 3 is 1.85 bits per heavy atom. The van der Waals surface area contributed by atoms with Gasteiger partial charge in [0.05, 0.1) is 22.6 Å². The van der Waals surface area contributed by atoms with Crippen LogP contribution in [0.5, 0.6) is 0 Å². The molecular weight excluding hydrogens is 733 g/mol. The van der Waals surface area contributed by atoms with Gasteiger partial charge < -0.3 is 0 Å². The third-order valence-electron chi connectivity index (χ3n) is 11.7. The van der Waals surface area contributed by atoms with Crippen LogP contribution in [0.3, 0.4) is 0 Å². The second-order valence-corrected chi connectivity index (χ2v) is 15.1. The van der Waals surface area contributed by atoms with Crippen molar-refractivity contribution in [1.29, 1.82) is 0 Å². The summed E-state index contributed by atoms with van der Waals surface area (Å²) in [6.45, 7) is 0. The van der Waals surface area contributed by atoms with E-state index in [0.29, 0.717) is 5.78 Å². The first-order valence-corrected chi connectivity index (χ1v) is 20.1. The van der Waals surface area contributed by atoms with Gasteiger partial charge >= 0.3 is 0 Å². The largest absolute Gasteiger partial charge is 0.292 e. The lowest BCUT2D eigenvalue weighted by molar-refractivity contribution is 1.06. The van der Waals surface area contributed by atoms with Gasteiger partial charge in [0.25, 0.3) is 0 Å². The maximum Gasteiger partial charge on any atom is 0.234 e. The van der Waals surface area contributed by atoms with E-state index in [2.05, 4.69) is 172 Å². The van der Waals surface area contributed by atoms with Crippen molar-refractivity contribution in [1.82, 2.24) is 28.9 Å². The summed E-state index contributed by atoms with van der Waals surface area (Å²) in [6.07, 6.45) is 9.43. The first kappa shape index (κ1) is 33.9. The molecule has 0 aliphatic rings. The van der Waals surface area contributed by atoms with Crippen molar-refractivity contribution in [2.75, 3.05) is 0 Å². The van der Waals surface area contributed by atoms with Crippen LogP contribution in [0.15, 0.2) is 207 Å². The number of hydrogen-bond donors (Lipinski definition) is 0. The van der Waals surface area contributed by atoms with Gasteiger partial charge in [-0.15, -0.1) is 0 Å². The second-order valence-electron chi connectivity index (χ2n) is 15.1. The van der Waals surface area contributed by atoms with Crippen molar-refractivity contribution in [2.24, 2.45) is 0 Å². The molecule has 280 valence electrons. The van der Waals surface area contributed by atoms with E-state index in [0.717, 1.165) is 61.6 Å². The van der Waals surface area contributed by atoms with E-state index in [1.807, 2.05) is 47.4 Å². The third-order valence-corrected chi connectivity index (χ3v) is 11.7. The zero-order valence-corrected chi connectivity index (χ0v) is 32.3. The Labute approximate surface area is 345 Å². The maximum atomic E-state index is 5.43. The predicted molar refractivity (Wildman–Crippen MR) is 245 cm³/mol. The van der Waals surface area contributed by atoms with Crippen molar-refractivity contribution in [2.45, 2.75) is 0 Å². The third kappa shape index (κ3) is 5.35. The number of benzene rings is 7. The Kier molecular flexibility index (Phi) is 7.74. The number of rotatable bonds is 6. The molecule has 0 saturated carbocycles. The lowest BCUT2D eigenvalue weighted by atomic mass is 9.87. The molecule has 0 bridgehead atoms. The van der Waals surface area contributed by atoms with Crippen molar-refractivity contribution in [3.8, 4) is 61.8 Å². The normalized spacial score (nSPS) is 11.7. The Morgan fingerprint density at radius 1 is 0.417 bits per heavy atom. The molecule has 6 nitrogen and oxygen atoms in total. The summed E-state index contributed by atoms with van der Waals surface area (Å²) in [6, 6.07) is 62.9. The van der Waals surface area contributed by atoms with Crippen LogP contribution in [0.1, 0.15) is 0 Å². The summed E-state index contributed by atoms with van der Waals surface area (Å²) in [7, 11) is 0. The van der Waals surface area contributed by atoms with Crippen LogP contribution >= 0.6 is 0 Å². The number of hydrogen-bond acceptors (Lipinski definition) is 4. The smallest absolute Gasteiger partial charge is 0.234 e. The standard InChI is InChI=1S/C54H34N6/c1-3-13-38(14-4-1)49-51-50-42-19-9-7-17-40(42)44(35-23-25-36(26-24-35)47-34-59-32-12-29-56-54(59)58-47)33-45(50)41-18-8-10-20-43(41)53(51)60(52(49)39-15-5-2-6-16-39)48-22-11-21-46(57-48)37-27-30-55-31-28-37/h1-34H. The molecule has 5 heterocycles. The van der Waals surface area contributed by atoms with E-state index < -0.39 is 0 Å². The molecule has 0 aliphatic carbocycles. The minimum absolute atomic E-state index is 0.687. The molecule has 60 heavy (non-hydrogen) atoms. The SMILES string of the molecule is c1ccc(-c2c(-c3ccccc3)n(-c3cccc(-c4ccncc4)n3)c3c4ccccc4c4cc(-c5ccc(-c6cn7cccnc7n6)cc5)c5ccccc5c4c23)cc1. The van der Waals surface area contributed by atoms with Gasteiger partial charge in [0.15, 0.2) is 0 Å². The quantitative estimate of drug-likeness (QED) is 0.158. The lowest BCUT2D eigenvalue weighted by Crippen LogP contribution is -2.02. The molecule has 0 saturated heterocycles. The molecule has 0 atom stereocenters. The summed E-state index contributed by atoms with van der Waals surface area (Å²) in [5.74, 6) is 1.54. The van der Waals surface area contributed by atoms with Gasteiger partial charge in [-0.1, -0.05) is 140 Å². The number of imidazole rings is 1. The van der Waals surface area contributed by atoms with Crippen LogP contribution in [0.25, 0.3) is 111 Å². The van der Waals surface area contributed by atoms with E-state index >= 15 is 0 Å². The van der Waals surface area contributed by atoms with E-state index in [-0.39, 0.29) is 0 Å². The summed E-state index contributed by atoms with van der Waals surface area (Å²) in [5.41, 5.74) is 11.8. The second kappa shape index (κ2) is 13.7. The monoisotopic (exact) mass is 766 g/mol. The number of aromatic nitrogens is 6. The van der Waals surface area contributed by atoms with Crippen molar-refractivity contribution in [3.05, 3.63) is 207 Å². The average molecular weight is 767 g/mol.